The summed E-state index contributed by atoms with van der Waals surface area (Å²) in [4.78, 5) is 40.8. The van der Waals surface area contributed by atoms with Crippen molar-refractivity contribution in [2.75, 3.05) is 5.32 Å². The minimum atomic E-state index is -0.801. The number of benzene rings is 3. The van der Waals surface area contributed by atoms with E-state index < -0.39 is 4.75 Å². The summed E-state index contributed by atoms with van der Waals surface area (Å²) in [5.74, 6) is 2.77. The molecule has 42 heavy (non-hydrogen) atoms. The van der Waals surface area contributed by atoms with Crippen LogP contribution in [0.5, 0.6) is 17.2 Å². The second-order valence-corrected chi connectivity index (χ2v) is 12.5. The quantitative estimate of drug-likeness (QED) is 0.236. The van der Waals surface area contributed by atoms with Crippen LogP contribution < -0.4 is 20.1 Å². The van der Waals surface area contributed by atoms with Crippen LogP contribution in [-0.2, 0) is 29.7 Å². The van der Waals surface area contributed by atoms with Crippen molar-refractivity contribution in [1.82, 2.24) is 14.9 Å². The minimum absolute atomic E-state index is 0.0988. The molecular weight excluding hydrogens is 552 g/mol. The van der Waals surface area contributed by atoms with E-state index in [1.807, 2.05) is 78.3 Å². The van der Waals surface area contributed by atoms with Gasteiger partial charge < -0.3 is 19.4 Å². The molecule has 3 amide bonds. The molecule has 2 heterocycles. The predicted molar refractivity (Wildman–Crippen MR) is 162 cm³/mol. The Balaban J connectivity index is 1.06. The second kappa shape index (κ2) is 11.5. The molecule has 10 heteroatoms. The van der Waals surface area contributed by atoms with Gasteiger partial charge in [0, 0.05) is 24.7 Å². The van der Waals surface area contributed by atoms with Crippen LogP contribution in [0.4, 0.5) is 10.5 Å². The zero-order valence-corrected chi connectivity index (χ0v) is 24.3. The van der Waals surface area contributed by atoms with Gasteiger partial charge in [0.25, 0.3) is 5.24 Å². The Bertz CT molecular complexity index is 1640. The Morgan fingerprint density at radius 3 is 2.40 bits per heavy atom. The molecule has 6 rings (SSSR count). The van der Waals surface area contributed by atoms with Gasteiger partial charge in [0.2, 0.25) is 11.8 Å². The van der Waals surface area contributed by atoms with Crippen molar-refractivity contribution >= 4 is 45.5 Å². The van der Waals surface area contributed by atoms with Gasteiger partial charge in [-0.15, -0.1) is 0 Å². The van der Waals surface area contributed by atoms with E-state index in [1.165, 1.54) is 0 Å². The highest BCUT2D eigenvalue weighted by molar-refractivity contribution is 8.16. The first-order valence-corrected chi connectivity index (χ1v) is 14.9. The third kappa shape index (κ3) is 5.99. The smallest absolute Gasteiger partial charge is 0.286 e. The molecule has 0 bridgehead atoms. The maximum atomic E-state index is 12.4. The summed E-state index contributed by atoms with van der Waals surface area (Å²) in [6, 6.07) is 20.7. The molecule has 4 aromatic rings. The van der Waals surface area contributed by atoms with Crippen LogP contribution in [0.2, 0.25) is 0 Å². The van der Waals surface area contributed by atoms with E-state index in [0.717, 1.165) is 65.6 Å². The Kier molecular flexibility index (Phi) is 7.64. The first-order chi connectivity index (χ1) is 20.3. The zero-order chi connectivity index (χ0) is 29.3. The van der Waals surface area contributed by atoms with Gasteiger partial charge in [-0.2, -0.15) is 0 Å². The topological polar surface area (TPSA) is 112 Å². The van der Waals surface area contributed by atoms with Crippen LogP contribution in [0.15, 0.2) is 66.7 Å². The Labute approximate surface area is 248 Å². The molecule has 1 saturated carbocycles. The average Bonchev–Trinajstić information content (AvgIpc) is 3.68. The third-order valence-electron chi connectivity index (χ3n) is 7.88. The first-order valence-electron chi connectivity index (χ1n) is 14.1. The number of rotatable bonds is 9. The molecule has 1 aliphatic carbocycles. The van der Waals surface area contributed by atoms with Crippen molar-refractivity contribution in [3.8, 4) is 17.2 Å². The summed E-state index contributed by atoms with van der Waals surface area (Å²) >= 11 is 1.03. The van der Waals surface area contributed by atoms with Gasteiger partial charge in [-0.05, 0) is 92.0 Å². The van der Waals surface area contributed by atoms with Crippen molar-refractivity contribution in [2.24, 2.45) is 13.0 Å². The molecule has 3 aromatic carbocycles. The number of thioether (sulfide) groups is 1. The fourth-order valence-corrected chi connectivity index (χ4v) is 6.38. The van der Waals surface area contributed by atoms with Crippen molar-refractivity contribution in [1.29, 1.82) is 0 Å². The zero-order valence-electron chi connectivity index (χ0n) is 23.5. The normalized spacial score (nSPS) is 18.8. The molecule has 2 N–H and O–H groups in total. The highest BCUT2D eigenvalue weighted by Gasteiger charge is 2.43. The van der Waals surface area contributed by atoms with E-state index in [1.54, 1.807) is 6.92 Å². The molecule has 216 valence electrons. The molecule has 9 nitrogen and oxygen atoms in total. The van der Waals surface area contributed by atoms with E-state index in [2.05, 4.69) is 10.6 Å². The standard InChI is InChI=1S/C32H32N4O5S/c1-32(30(38)35-31(39)42-32)18-20-7-11-23(12-8-20)40-19-28-34-26-16-15-25(17-27(26)36(28)2)41-24-13-9-22(10-14-24)33-29(37)21-5-3-4-6-21/h7-17,21H,3-6,18-19H2,1-2H3,(H,33,37)(H,35,38,39). The first kappa shape index (κ1) is 27.8. The molecule has 1 saturated heterocycles. The Morgan fingerprint density at radius 1 is 1.02 bits per heavy atom. The predicted octanol–water partition coefficient (Wildman–Crippen LogP) is 6.36. The number of carbonyl (C=O) groups excluding carboxylic acids is 3. The molecule has 2 fully saturated rings. The lowest BCUT2D eigenvalue weighted by atomic mass is 9.99. The summed E-state index contributed by atoms with van der Waals surface area (Å²) in [7, 11) is 1.94. The van der Waals surface area contributed by atoms with Crippen molar-refractivity contribution in [3.63, 3.8) is 0 Å². The highest BCUT2D eigenvalue weighted by atomic mass is 32.2. The van der Waals surface area contributed by atoms with Gasteiger partial charge in [0.1, 0.15) is 34.4 Å². The summed E-state index contributed by atoms with van der Waals surface area (Å²) in [5, 5.41) is 5.06. The summed E-state index contributed by atoms with van der Waals surface area (Å²) in [5.41, 5.74) is 3.46. The number of imidazole rings is 1. The largest absolute Gasteiger partial charge is 0.486 e. The summed E-state index contributed by atoms with van der Waals surface area (Å²) in [6.45, 7) is 2.05. The van der Waals surface area contributed by atoms with Crippen LogP contribution in [0.3, 0.4) is 0 Å². The third-order valence-corrected chi connectivity index (χ3v) is 8.94. The maximum Gasteiger partial charge on any atom is 0.286 e. The molecule has 0 radical (unpaired) electrons. The lowest BCUT2D eigenvalue weighted by molar-refractivity contribution is -0.121. The van der Waals surface area contributed by atoms with Crippen LogP contribution in [0.25, 0.3) is 11.0 Å². The number of nitrogens with zero attached hydrogens (tertiary/aromatic N) is 2. The molecule has 2 aliphatic rings. The van der Waals surface area contributed by atoms with Gasteiger partial charge in [0.15, 0.2) is 0 Å². The SMILES string of the molecule is Cn1c(COc2ccc(CC3(C)SC(=O)NC3=O)cc2)nc2ccc(Oc3ccc(NC(=O)C4CCCC4)cc3)cc21. The van der Waals surface area contributed by atoms with Gasteiger partial charge in [0.05, 0.1) is 11.0 Å². The molecule has 1 aromatic heterocycles. The average molecular weight is 585 g/mol. The number of hydrogen-bond acceptors (Lipinski definition) is 7. The van der Waals surface area contributed by atoms with Gasteiger partial charge >= 0.3 is 0 Å². The second-order valence-electron chi connectivity index (χ2n) is 11.0. The van der Waals surface area contributed by atoms with E-state index in [0.29, 0.717) is 23.7 Å². The minimum Gasteiger partial charge on any atom is -0.486 e. The van der Waals surface area contributed by atoms with E-state index in [-0.39, 0.29) is 29.6 Å². The van der Waals surface area contributed by atoms with Gasteiger partial charge in [-0.3, -0.25) is 19.7 Å². The molecular formula is C32H32N4O5S. The highest BCUT2D eigenvalue weighted by Crippen LogP contribution is 2.35. The van der Waals surface area contributed by atoms with Gasteiger partial charge in [-0.25, -0.2) is 4.98 Å². The number of fused-ring (bicyclic) bond motifs is 1. The monoisotopic (exact) mass is 584 g/mol. The van der Waals surface area contributed by atoms with Crippen molar-refractivity contribution in [3.05, 3.63) is 78.1 Å². The number of anilines is 1. The molecule has 1 aliphatic heterocycles. The Hall–Kier alpha value is -4.31. The lowest BCUT2D eigenvalue weighted by Gasteiger charge is -2.18. The van der Waals surface area contributed by atoms with Crippen molar-refractivity contribution < 1.29 is 23.9 Å². The molecule has 1 atom stereocenters. The number of nitrogens with one attached hydrogen (secondary N) is 2. The fourth-order valence-electron chi connectivity index (χ4n) is 5.45. The summed E-state index contributed by atoms with van der Waals surface area (Å²) < 4.78 is 13.3. The van der Waals surface area contributed by atoms with Crippen molar-refractivity contribution in [2.45, 2.75) is 50.4 Å². The maximum absolute atomic E-state index is 12.4. The lowest BCUT2D eigenvalue weighted by Crippen LogP contribution is -2.35. The molecule has 1 unspecified atom stereocenters. The number of carbonyl (C=O) groups is 3. The Morgan fingerprint density at radius 2 is 1.71 bits per heavy atom. The van der Waals surface area contributed by atoms with E-state index in [4.69, 9.17) is 14.5 Å². The van der Waals surface area contributed by atoms with Crippen LogP contribution in [0.1, 0.15) is 44.0 Å². The number of ether oxygens (including phenoxy) is 2. The number of hydrogen-bond donors (Lipinski definition) is 2. The van der Waals surface area contributed by atoms with Crippen LogP contribution >= 0.6 is 11.8 Å². The number of aryl methyl sites for hydroxylation is 1. The van der Waals surface area contributed by atoms with E-state index in [9.17, 15) is 14.4 Å². The van der Waals surface area contributed by atoms with Crippen LogP contribution in [-0.4, -0.2) is 31.4 Å². The molecule has 0 spiro atoms. The van der Waals surface area contributed by atoms with Gasteiger partial charge in [-0.1, -0.05) is 25.0 Å². The number of aromatic nitrogens is 2. The summed E-state index contributed by atoms with van der Waals surface area (Å²) in [6.07, 6.45) is 4.64. The number of imide groups is 1. The van der Waals surface area contributed by atoms with Crippen LogP contribution in [0, 0.1) is 5.92 Å². The van der Waals surface area contributed by atoms with E-state index >= 15 is 0 Å². The number of amides is 3. The fraction of sp³-hybridized carbons (Fsp3) is 0.312.